The normalized spacial score (nSPS) is 18.1. The third kappa shape index (κ3) is 5.77. The highest BCUT2D eigenvalue weighted by atomic mass is 16.5. The third-order valence-electron chi connectivity index (χ3n) is 11.3. The average molecular weight is 697 g/mol. The van der Waals surface area contributed by atoms with E-state index in [0.717, 1.165) is 41.3 Å². The quantitative estimate of drug-likeness (QED) is 0.159. The van der Waals surface area contributed by atoms with Crippen molar-refractivity contribution in [3.05, 3.63) is 118 Å². The Hall–Kier alpha value is -4.96. The first kappa shape index (κ1) is 35.4. The van der Waals surface area contributed by atoms with Gasteiger partial charge in [0.25, 0.3) is 0 Å². The highest BCUT2D eigenvalue weighted by Crippen LogP contribution is 2.65. The number of hydrogen-bond donors (Lipinski definition) is 3. The molecule has 52 heavy (non-hydrogen) atoms. The van der Waals surface area contributed by atoms with Crippen LogP contribution in [0.4, 0.5) is 0 Å². The van der Waals surface area contributed by atoms with Crippen LogP contribution in [0.3, 0.4) is 0 Å². The van der Waals surface area contributed by atoms with Crippen LogP contribution in [-0.4, -0.2) is 36.1 Å². The first-order chi connectivity index (χ1) is 24.8. The summed E-state index contributed by atoms with van der Waals surface area (Å²) in [7, 11) is 3.25. The summed E-state index contributed by atoms with van der Waals surface area (Å²) in [5, 5.41) is 33.2. The molecule has 1 spiro atoms. The predicted molar refractivity (Wildman–Crippen MR) is 206 cm³/mol. The number of phenolic OH excluding ortho intramolecular Hbond substituents is 1. The van der Waals surface area contributed by atoms with Crippen molar-refractivity contribution in [2.24, 2.45) is 10.8 Å². The van der Waals surface area contributed by atoms with Crippen molar-refractivity contribution < 1.29 is 29.5 Å². The van der Waals surface area contributed by atoms with Gasteiger partial charge in [-0.1, -0.05) is 94.3 Å². The van der Waals surface area contributed by atoms with Gasteiger partial charge in [0.2, 0.25) is 0 Å². The number of aliphatic hydroxyl groups excluding tert-OH is 1. The highest BCUT2D eigenvalue weighted by molar-refractivity contribution is 6.08. The van der Waals surface area contributed by atoms with Crippen molar-refractivity contribution in [3.63, 3.8) is 0 Å². The number of hydrogen-bond acceptors (Lipinski definition) is 6. The molecule has 0 radical (unpaired) electrons. The summed E-state index contributed by atoms with van der Waals surface area (Å²) in [4.78, 5) is 0. The average Bonchev–Trinajstić information content (AvgIpc) is 3.72. The van der Waals surface area contributed by atoms with E-state index in [1.165, 1.54) is 34.2 Å². The van der Waals surface area contributed by atoms with Gasteiger partial charge in [-0.3, -0.25) is 0 Å². The second kappa shape index (κ2) is 12.9. The number of aliphatic hydroxyl groups is 2. The molecule has 5 aromatic carbocycles. The summed E-state index contributed by atoms with van der Waals surface area (Å²) >= 11 is 0. The van der Waals surface area contributed by atoms with E-state index in [1.54, 1.807) is 62.8 Å². The maximum absolute atomic E-state index is 11.3. The second-order valence-corrected chi connectivity index (χ2v) is 16.2. The van der Waals surface area contributed by atoms with Crippen molar-refractivity contribution in [1.29, 1.82) is 0 Å². The van der Waals surface area contributed by atoms with E-state index in [9.17, 15) is 10.2 Å². The molecule has 0 amide bonds. The Kier molecular flexibility index (Phi) is 8.80. The van der Waals surface area contributed by atoms with Crippen molar-refractivity contribution in [1.82, 2.24) is 0 Å². The Balaban J connectivity index is 0.000000182. The van der Waals surface area contributed by atoms with Crippen molar-refractivity contribution >= 4 is 10.8 Å². The van der Waals surface area contributed by atoms with Gasteiger partial charge in [0.1, 0.15) is 11.5 Å². The molecule has 6 heteroatoms. The van der Waals surface area contributed by atoms with Gasteiger partial charge in [-0.2, -0.15) is 0 Å². The number of ether oxygens (including phenoxy) is 3. The number of methoxy groups -OCH3 is 2. The predicted octanol–water partition coefficient (Wildman–Crippen LogP) is 9.05. The van der Waals surface area contributed by atoms with E-state index < -0.39 is 5.60 Å². The van der Waals surface area contributed by atoms with Gasteiger partial charge in [0.05, 0.1) is 27.4 Å². The number of terminal acetylenes is 1. The smallest absolute Gasteiger partial charge is 0.176 e. The standard InChI is InChI=1S/C29H32O3.C17H16O3/c1-27(2)14-28(3,4)16-29(15-27)20-9-7-6-8-17(20)25-21(29)13-22(30)19-12-23(31-5)26-18(24(19)25)10-11-32-26;1-3-17(19,14-6-4-13(12-18)5-7-14)15-8-10-16(20-2)11-9-15/h6-9,12-13,30H,10-11,14-16H2,1-5H3;1,4-11,18-19H,12H2,2H3. The summed E-state index contributed by atoms with van der Waals surface area (Å²) in [6.45, 7) is 10.3. The first-order valence-corrected chi connectivity index (χ1v) is 18.0. The van der Waals surface area contributed by atoms with Gasteiger partial charge in [-0.15, -0.1) is 6.42 Å². The molecule has 0 saturated heterocycles. The Morgan fingerprint density at radius 2 is 1.46 bits per heavy atom. The molecule has 8 rings (SSSR count). The Morgan fingerprint density at radius 3 is 2.06 bits per heavy atom. The van der Waals surface area contributed by atoms with Crippen LogP contribution in [0.5, 0.6) is 23.0 Å². The van der Waals surface area contributed by atoms with Crippen LogP contribution in [0.1, 0.15) is 80.3 Å². The van der Waals surface area contributed by atoms with E-state index in [2.05, 4.69) is 63.9 Å². The Bertz CT molecular complexity index is 2120. The minimum atomic E-state index is -1.50. The van der Waals surface area contributed by atoms with Crippen LogP contribution in [0, 0.1) is 23.2 Å². The second-order valence-electron chi connectivity index (χ2n) is 16.2. The molecule has 2 aliphatic carbocycles. The molecule has 3 aliphatic rings. The molecule has 5 aromatic rings. The van der Waals surface area contributed by atoms with Gasteiger partial charge >= 0.3 is 0 Å². The molecule has 1 aliphatic heterocycles. The van der Waals surface area contributed by atoms with Gasteiger partial charge in [0.15, 0.2) is 17.1 Å². The van der Waals surface area contributed by atoms with Crippen molar-refractivity contribution in [2.75, 3.05) is 20.8 Å². The molecular formula is C46H48O6. The molecule has 1 heterocycles. The zero-order valence-corrected chi connectivity index (χ0v) is 31.0. The molecule has 3 N–H and O–H groups in total. The summed E-state index contributed by atoms with van der Waals surface area (Å²) < 4.78 is 16.7. The minimum Gasteiger partial charge on any atom is -0.507 e. The summed E-state index contributed by atoms with van der Waals surface area (Å²) in [6.07, 6.45) is 9.76. The van der Waals surface area contributed by atoms with Crippen LogP contribution >= 0.6 is 0 Å². The topological polar surface area (TPSA) is 88.4 Å². The molecule has 0 bridgehead atoms. The van der Waals surface area contributed by atoms with Crippen LogP contribution in [-0.2, 0) is 24.0 Å². The minimum absolute atomic E-state index is 0.0443. The molecule has 1 fully saturated rings. The maximum atomic E-state index is 11.3. The summed E-state index contributed by atoms with van der Waals surface area (Å²) in [6, 6.07) is 26.8. The molecule has 1 saturated carbocycles. The number of fused-ring (bicyclic) bond motifs is 9. The van der Waals surface area contributed by atoms with Crippen LogP contribution in [0.25, 0.3) is 21.9 Å². The monoisotopic (exact) mass is 696 g/mol. The zero-order valence-electron chi connectivity index (χ0n) is 31.0. The first-order valence-electron chi connectivity index (χ1n) is 18.0. The number of rotatable bonds is 5. The number of phenols is 1. The van der Waals surface area contributed by atoms with Crippen LogP contribution < -0.4 is 14.2 Å². The SMILES string of the molecule is C#CC(O)(c1ccc(CO)cc1)c1ccc(OC)cc1.COc1cc2c(O)cc3c(c2c2c1OCC2)-c1ccccc1C31CC(C)(C)CC(C)(C)C1. The highest BCUT2D eigenvalue weighted by Gasteiger charge is 2.54. The van der Waals surface area contributed by atoms with Crippen molar-refractivity contribution in [2.45, 2.75) is 71.0 Å². The largest absolute Gasteiger partial charge is 0.507 e. The van der Waals surface area contributed by atoms with Gasteiger partial charge < -0.3 is 29.5 Å². The zero-order chi connectivity index (χ0) is 37.1. The molecule has 1 unspecified atom stereocenters. The molecule has 1 atom stereocenters. The summed E-state index contributed by atoms with van der Waals surface area (Å²) in [5.41, 5.74) is 7.30. The van der Waals surface area contributed by atoms with Gasteiger partial charge in [-0.05, 0) is 82.2 Å². The van der Waals surface area contributed by atoms with E-state index in [4.69, 9.17) is 25.7 Å². The number of aromatic hydroxyl groups is 1. The lowest BCUT2D eigenvalue weighted by Gasteiger charge is -2.51. The Morgan fingerprint density at radius 1 is 0.827 bits per heavy atom. The van der Waals surface area contributed by atoms with Gasteiger partial charge in [0, 0.05) is 39.3 Å². The van der Waals surface area contributed by atoms with Crippen LogP contribution in [0.15, 0.2) is 84.9 Å². The lowest BCUT2D eigenvalue weighted by Crippen LogP contribution is -2.43. The lowest BCUT2D eigenvalue weighted by molar-refractivity contribution is 0.0645. The Labute approximate surface area is 307 Å². The molecule has 6 nitrogen and oxygen atoms in total. The van der Waals surface area contributed by atoms with Gasteiger partial charge in [-0.25, -0.2) is 0 Å². The fraction of sp³-hybridized carbons (Fsp3) is 0.348. The summed E-state index contributed by atoms with van der Waals surface area (Å²) in [5.74, 6) is 5.04. The fourth-order valence-electron chi connectivity index (χ4n) is 9.84. The molecular weight excluding hydrogens is 648 g/mol. The third-order valence-corrected chi connectivity index (χ3v) is 11.3. The van der Waals surface area contributed by atoms with Crippen LogP contribution in [0.2, 0.25) is 0 Å². The van der Waals surface area contributed by atoms with Crippen molar-refractivity contribution in [3.8, 4) is 46.5 Å². The fourth-order valence-corrected chi connectivity index (χ4v) is 9.84. The maximum Gasteiger partial charge on any atom is 0.176 e. The van der Waals surface area contributed by atoms with E-state index in [1.807, 2.05) is 6.07 Å². The van der Waals surface area contributed by atoms with E-state index in [-0.39, 0.29) is 22.9 Å². The van der Waals surface area contributed by atoms with E-state index in [0.29, 0.717) is 35.0 Å². The lowest BCUT2D eigenvalue weighted by atomic mass is 9.52. The molecule has 268 valence electrons. The van der Waals surface area contributed by atoms with E-state index >= 15 is 0 Å². The number of benzene rings is 5. The molecule has 0 aromatic heterocycles.